The van der Waals surface area contributed by atoms with Gasteiger partial charge in [-0.25, -0.2) is 0 Å². The first-order valence-electron chi connectivity index (χ1n) is 10.7. The Morgan fingerprint density at radius 1 is 1.21 bits per heavy atom. The second kappa shape index (κ2) is 9.13. The Labute approximate surface area is 175 Å². The maximum atomic E-state index is 10.2. The molecule has 29 heavy (non-hydrogen) atoms. The van der Waals surface area contributed by atoms with Gasteiger partial charge in [0.1, 0.15) is 0 Å². The Hall–Kier alpha value is -1.46. The molecule has 2 aliphatic heterocycles. The van der Waals surface area contributed by atoms with Crippen LogP contribution in [-0.4, -0.2) is 40.9 Å². The van der Waals surface area contributed by atoms with Crippen molar-refractivity contribution in [1.82, 2.24) is 0 Å². The van der Waals surface area contributed by atoms with E-state index in [-0.39, 0.29) is 24.7 Å². The third kappa shape index (κ3) is 5.37. The highest BCUT2D eigenvalue weighted by atomic mass is 16.7. The zero-order valence-corrected chi connectivity index (χ0v) is 18.4. The lowest BCUT2D eigenvalue weighted by Gasteiger charge is -2.46. The summed E-state index contributed by atoms with van der Waals surface area (Å²) < 4.78 is 12.9. The predicted molar refractivity (Wildman–Crippen MR) is 116 cm³/mol. The van der Waals surface area contributed by atoms with Crippen molar-refractivity contribution in [2.45, 2.75) is 84.4 Å². The van der Waals surface area contributed by atoms with Gasteiger partial charge >= 0.3 is 0 Å². The van der Waals surface area contributed by atoms with Crippen LogP contribution in [0.3, 0.4) is 0 Å². The van der Waals surface area contributed by atoms with E-state index in [1.54, 1.807) is 0 Å². The molecule has 2 N–H and O–H groups in total. The van der Waals surface area contributed by atoms with E-state index in [9.17, 15) is 10.2 Å². The minimum atomic E-state index is -0.956. The van der Waals surface area contributed by atoms with Crippen LogP contribution in [0.15, 0.2) is 58.2 Å². The minimum absolute atomic E-state index is 0.0108. The number of aliphatic hydroxyl groups is 2. The Morgan fingerprint density at radius 2 is 1.97 bits per heavy atom. The number of allylic oxidation sites excluding steroid dienone is 3. The minimum Gasteiger partial charge on any atom is -0.392 e. The number of aliphatic hydroxyl groups excluding tert-OH is 2. The third-order valence-corrected chi connectivity index (χ3v) is 6.06. The fourth-order valence-corrected chi connectivity index (χ4v) is 4.55. The van der Waals surface area contributed by atoms with Crippen molar-refractivity contribution in [2.75, 3.05) is 6.61 Å². The second-order valence-electron chi connectivity index (χ2n) is 9.13. The largest absolute Gasteiger partial charge is 0.392 e. The van der Waals surface area contributed by atoms with E-state index >= 15 is 0 Å². The zero-order chi connectivity index (χ0) is 21.2. The average molecular weight is 401 g/mol. The van der Waals surface area contributed by atoms with Gasteiger partial charge in [0.15, 0.2) is 0 Å². The Bertz CT molecular complexity index is 766. The molecular weight excluding hydrogens is 364 g/mol. The molecule has 0 saturated heterocycles. The van der Waals surface area contributed by atoms with Gasteiger partial charge in [0, 0.05) is 5.92 Å². The smallest absolute Gasteiger partial charge is 0.209 e. The van der Waals surface area contributed by atoms with E-state index in [0.29, 0.717) is 6.42 Å². The fourth-order valence-electron chi connectivity index (χ4n) is 4.55. The van der Waals surface area contributed by atoms with Crippen LogP contribution in [0.4, 0.5) is 0 Å². The second-order valence-corrected chi connectivity index (χ2v) is 9.13. The molecule has 1 spiro atoms. The van der Waals surface area contributed by atoms with Gasteiger partial charge in [0.2, 0.25) is 5.79 Å². The number of fused-ring (bicyclic) bond motifs is 1. The first-order valence-corrected chi connectivity index (χ1v) is 10.7. The Balaban J connectivity index is 1.82. The number of rotatable bonds is 5. The first kappa shape index (κ1) is 22.2. The van der Waals surface area contributed by atoms with Gasteiger partial charge in [0.25, 0.3) is 0 Å². The molecule has 4 heteroatoms. The molecule has 0 saturated carbocycles. The van der Waals surface area contributed by atoms with Gasteiger partial charge in [-0.1, -0.05) is 34.9 Å². The third-order valence-electron chi connectivity index (χ3n) is 6.06. The summed E-state index contributed by atoms with van der Waals surface area (Å²) in [5.41, 5.74) is 5.69. The number of hydrogen-bond acceptors (Lipinski definition) is 4. The quantitative estimate of drug-likeness (QED) is 0.654. The molecule has 3 rings (SSSR count). The summed E-state index contributed by atoms with van der Waals surface area (Å²) in [5, 5.41) is 20.2. The molecule has 0 radical (unpaired) electrons. The van der Waals surface area contributed by atoms with E-state index in [1.807, 2.05) is 25.2 Å². The highest BCUT2D eigenvalue weighted by Gasteiger charge is 2.45. The molecule has 0 aromatic rings. The van der Waals surface area contributed by atoms with Gasteiger partial charge < -0.3 is 19.7 Å². The molecule has 2 heterocycles. The summed E-state index contributed by atoms with van der Waals surface area (Å²) in [6, 6.07) is 0. The van der Waals surface area contributed by atoms with Crippen LogP contribution in [0.25, 0.3) is 0 Å². The van der Waals surface area contributed by atoms with Crippen LogP contribution in [-0.2, 0) is 9.47 Å². The van der Waals surface area contributed by atoms with Crippen molar-refractivity contribution < 1.29 is 19.7 Å². The molecule has 5 atom stereocenters. The van der Waals surface area contributed by atoms with E-state index in [2.05, 4.69) is 39.8 Å². The molecule has 0 aromatic heterocycles. The maximum absolute atomic E-state index is 10.2. The topological polar surface area (TPSA) is 58.9 Å². The standard InChI is InChI=1S/C25H36O4/c1-16(2)7-6-8-17(3)9-21-10-18(4)13-25(28-21)14-20(15-26)22-12-23(27)19(5)11-24(22)29-25/h7,9,11,13-14,21-24,26-27H,6,8,10,12,15H2,1-5H3. The highest BCUT2D eigenvalue weighted by Crippen LogP contribution is 2.43. The lowest BCUT2D eigenvalue weighted by molar-refractivity contribution is -0.226. The Morgan fingerprint density at radius 3 is 2.66 bits per heavy atom. The molecule has 5 unspecified atom stereocenters. The van der Waals surface area contributed by atoms with Crippen LogP contribution in [0.2, 0.25) is 0 Å². The first-order chi connectivity index (χ1) is 13.7. The van der Waals surface area contributed by atoms with Crippen molar-refractivity contribution in [3.05, 3.63) is 58.2 Å². The molecule has 0 bridgehead atoms. The highest BCUT2D eigenvalue weighted by molar-refractivity contribution is 5.32. The lowest BCUT2D eigenvalue weighted by Crippen LogP contribution is -2.49. The van der Waals surface area contributed by atoms with Crippen LogP contribution < -0.4 is 0 Å². The predicted octanol–water partition coefficient (Wildman–Crippen LogP) is 4.76. The van der Waals surface area contributed by atoms with Crippen molar-refractivity contribution in [2.24, 2.45) is 5.92 Å². The van der Waals surface area contributed by atoms with E-state index in [4.69, 9.17) is 9.47 Å². The van der Waals surface area contributed by atoms with Gasteiger partial charge in [-0.05, 0) is 83.6 Å². The number of hydrogen-bond donors (Lipinski definition) is 2. The van der Waals surface area contributed by atoms with E-state index in [0.717, 1.165) is 30.4 Å². The van der Waals surface area contributed by atoms with Crippen LogP contribution >= 0.6 is 0 Å². The molecule has 1 aliphatic carbocycles. The normalized spacial score (nSPS) is 34.9. The van der Waals surface area contributed by atoms with Crippen LogP contribution in [0, 0.1) is 5.92 Å². The Kier molecular flexibility index (Phi) is 7.00. The maximum Gasteiger partial charge on any atom is 0.209 e. The van der Waals surface area contributed by atoms with Crippen LogP contribution in [0.5, 0.6) is 0 Å². The monoisotopic (exact) mass is 400 g/mol. The summed E-state index contributed by atoms with van der Waals surface area (Å²) in [6.07, 6.45) is 13.2. The van der Waals surface area contributed by atoms with Crippen LogP contribution in [0.1, 0.15) is 60.3 Å². The molecule has 0 fully saturated rings. The molecule has 0 aromatic carbocycles. The SMILES string of the molecule is CC(C)=CCCC(C)=CC1CC(C)=CC2(C=C(CO)C3CC(O)C(C)=CC3O2)O1. The molecular formula is C25H36O4. The van der Waals surface area contributed by atoms with Crippen molar-refractivity contribution >= 4 is 0 Å². The van der Waals surface area contributed by atoms with Gasteiger partial charge in [0.05, 0.1) is 24.9 Å². The van der Waals surface area contributed by atoms with Gasteiger partial charge in [-0.2, -0.15) is 0 Å². The van der Waals surface area contributed by atoms with Gasteiger partial charge in [-0.15, -0.1) is 0 Å². The average Bonchev–Trinajstić information content (AvgIpc) is 2.61. The summed E-state index contributed by atoms with van der Waals surface area (Å²) in [5.74, 6) is -0.967. The van der Waals surface area contributed by atoms with Crippen molar-refractivity contribution in [3.63, 3.8) is 0 Å². The summed E-state index contributed by atoms with van der Waals surface area (Å²) >= 11 is 0. The van der Waals surface area contributed by atoms with E-state index in [1.165, 1.54) is 16.7 Å². The number of ether oxygens (including phenoxy) is 2. The summed E-state index contributed by atoms with van der Waals surface area (Å²) in [6.45, 7) is 10.4. The fraction of sp³-hybridized carbons (Fsp3) is 0.600. The zero-order valence-electron chi connectivity index (χ0n) is 18.4. The molecule has 3 aliphatic rings. The molecule has 0 amide bonds. The van der Waals surface area contributed by atoms with Crippen molar-refractivity contribution in [1.29, 1.82) is 0 Å². The summed E-state index contributed by atoms with van der Waals surface area (Å²) in [4.78, 5) is 0. The van der Waals surface area contributed by atoms with Gasteiger partial charge in [-0.3, -0.25) is 0 Å². The summed E-state index contributed by atoms with van der Waals surface area (Å²) in [7, 11) is 0. The molecule has 160 valence electrons. The van der Waals surface area contributed by atoms with Crippen molar-refractivity contribution in [3.8, 4) is 0 Å². The van der Waals surface area contributed by atoms with E-state index < -0.39 is 11.9 Å². The lowest BCUT2D eigenvalue weighted by atomic mass is 9.78. The molecule has 4 nitrogen and oxygen atoms in total.